The average Bonchev–Trinajstić information content (AvgIpc) is 1.15. The average molecular weight is 1860 g/mol. The van der Waals surface area contributed by atoms with Crippen molar-refractivity contribution in [1.29, 1.82) is 42.1 Å². The maximum Gasteiger partial charge on any atom is 0.177 e. The van der Waals surface area contributed by atoms with Crippen molar-refractivity contribution in [2.24, 2.45) is 0 Å². The van der Waals surface area contributed by atoms with Crippen molar-refractivity contribution in [2.75, 3.05) is 0 Å². The van der Waals surface area contributed by atoms with Crippen molar-refractivity contribution in [1.82, 2.24) is 39.9 Å². The zero-order chi connectivity index (χ0) is 96.1. The van der Waals surface area contributed by atoms with E-state index in [1.165, 1.54) is 41.0 Å². The Bertz CT molecular complexity index is 11500. The van der Waals surface area contributed by atoms with Crippen LogP contribution in [-0.2, 0) is 0 Å². The highest BCUT2D eigenvalue weighted by Gasteiger charge is 2.29. The summed E-state index contributed by atoms with van der Waals surface area (Å²) in [5.74, 6) is 0. The van der Waals surface area contributed by atoms with Crippen LogP contribution in [0, 0.1) is 90.6 Å². The second-order valence-corrected chi connectivity index (χ2v) is 37.7. The SMILES string of the molecule is N#Cc1nc2c3cc4c(cc3c3c5ccccc5c5ccccc5c3c2nc1C#N)oc1ccccc14.N#Cc1nc2c3cc4c(cc3c3c5ccccc5c5ccccc5c3c2nc1C#N)sc1ccccc14.N#Cc1nc2c3cc4occc4cc3c3c4ccccc4c4ccccc4c3c2nc1C#N.N#Cc1nc2c3cc4sc5ccccc5c4cc3c3c4ccccc4c4ccccc4c3c2nc1C#N. The first-order valence-corrected chi connectivity index (χ1v) is 47.8. The number of nitrogens with zero attached hydrogens (tertiary/aromatic N) is 16. The number of hydrogen-bond donors (Lipinski definition) is 0. The summed E-state index contributed by atoms with van der Waals surface area (Å²) in [5.41, 5.74) is 7.68. The molecule has 0 saturated heterocycles. The van der Waals surface area contributed by atoms with Crippen molar-refractivity contribution < 1.29 is 8.83 Å². The summed E-state index contributed by atoms with van der Waals surface area (Å²) < 4.78 is 16.8. The zero-order valence-corrected chi connectivity index (χ0v) is 76.6. The van der Waals surface area contributed by atoms with Crippen molar-refractivity contribution in [3.8, 4) is 48.6 Å². The van der Waals surface area contributed by atoms with E-state index in [4.69, 9.17) is 43.7 Å². The minimum atomic E-state index is 0.0234. The molecule has 23 aromatic carbocycles. The lowest BCUT2D eigenvalue weighted by Gasteiger charge is -2.16. The molecule has 0 fully saturated rings. The molecule has 654 valence electrons. The number of benzene rings is 23. The molecule has 0 aliphatic heterocycles. The largest absolute Gasteiger partial charge is 0.464 e. The molecule has 31 rings (SSSR count). The molecule has 0 atom stereocenters. The summed E-state index contributed by atoms with van der Waals surface area (Å²) in [4.78, 5) is 37.9. The smallest absolute Gasteiger partial charge is 0.177 e. The highest BCUT2D eigenvalue weighted by Crippen LogP contribution is 2.53. The van der Waals surface area contributed by atoms with Gasteiger partial charge in [-0.2, -0.15) is 42.1 Å². The lowest BCUT2D eigenvalue weighted by atomic mass is 9.89. The van der Waals surface area contributed by atoms with Gasteiger partial charge in [-0.3, -0.25) is 0 Å². The van der Waals surface area contributed by atoms with Crippen LogP contribution in [0.1, 0.15) is 45.6 Å². The molecule has 31 aromatic rings. The third-order valence-electron chi connectivity index (χ3n) is 28.4. The lowest BCUT2D eigenvalue weighted by molar-refractivity contribution is 0.616. The first-order chi connectivity index (χ1) is 71.1. The Balaban J connectivity index is 0.0000000935. The fourth-order valence-electron chi connectivity index (χ4n) is 22.4. The molecule has 0 radical (unpaired) electrons. The molecule has 18 nitrogen and oxygen atoms in total. The zero-order valence-electron chi connectivity index (χ0n) is 75.0. The number of rotatable bonds is 0. The number of fused-ring (bicyclic) bond motifs is 54. The minimum absolute atomic E-state index is 0.0234. The van der Waals surface area contributed by atoms with E-state index in [9.17, 15) is 42.1 Å². The van der Waals surface area contributed by atoms with E-state index >= 15 is 0 Å². The molecule has 8 aromatic heterocycles. The van der Waals surface area contributed by atoms with Gasteiger partial charge in [0, 0.05) is 121 Å². The van der Waals surface area contributed by atoms with Gasteiger partial charge in [0.2, 0.25) is 0 Å². The second kappa shape index (κ2) is 31.4. The Morgan fingerprint density at radius 1 is 0.167 bits per heavy atom. The Morgan fingerprint density at radius 2 is 0.403 bits per heavy atom. The number of nitriles is 8. The molecule has 0 spiro atoms. The quantitative estimate of drug-likeness (QED) is 0.127. The Hall–Kier alpha value is -20.7. The van der Waals surface area contributed by atoms with Crippen LogP contribution in [-0.4, -0.2) is 39.9 Å². The molecule has 0 aliphatic rings. The topological polar surface area (TPSA) is 320 Å². The Morgan fingerprint density at radius 3 is 0.743 bits per heavy atom. The first kappa shape index (κ1) is 81.6. The van der Waals surface area contributed by atoms with Crippen LogP contribution >= 0.6 is 22.7 Å². The van der Waals surface area contributed by atoms with E-state index < -0.39 is 0 Å². The normalized spacial score (nSPS) is 11.7. The Labute approximate surface area is 819 Å². The number of aromatic nitrogens is 8. The van der Waals surface area contributed by atoms with Gasteiger partial charge < -0.3 is 8.83 Å². The van der Waals surface area contributed by atoms with Gasteiger partial charge in [-0.25, -0.2) is 39.9 Å². The van der Waals surface area contributed by atoms with E-state index in [1.54, 1.807) is 28.9 Å². The highest BCUT2D eigenvalue weighted by atomic mass is 32.1. The van der Waals surface area contributed by atoms with Gasteiger partial charge in [0.05, 0.1) is 50.4 Å². The number of hydrogen-bond acceptors (Lipinski definition) is 20. The van der Waals surface area contributed by atoms with E-state index in [2.05, 4.69) is 254 Å². The molecule has 0 unspecified atom stereocenters. The highest BCUT2D eigenvalue weighted by molar-refractivity contribution is 7.26. The van der Waals surface area contributed by atoms with Gasteiger partial charge in [0.15, 0.2) is 45.6 Å². The monoisotopic (exact) mass is 1860 g/mol. The molecule has 0 saturated carbocycles. The standard InChI is InChI=1S/C32H14N4O.2C32H14N4S.C28H12N4O/c2*33-15-25-26(16-34)36-32-30-21-11-4-2-8-18(21)17-7-1-3-10-20(17)29(30)23-14-28-22(13-24(23)31(32)35-25)19-9-5-6-12-27(19)37-28;33-15-25-26(16-34)36-32-30-21-11-4-2-8-18(21)17-7-1-3-10-20(17)29(30)23-13-22-19-9-5-6-12-27(19)37-28(22)14-24(23)31(32)35-25;29-13-22-23(14-30)32-28-26-19-8-4-2-6-17(19)16-5-1-3-7-18(16)25(26)20-11-15-9-10-33-24(15)12-21(20)27(28)31-22/h3*1-14H;1-12H. The van der Waals surface area contributed by atoms with Crippen molar-refractivity contribution in [3.05, 3.63) is 373 Å². The van der Waals surface area contributed by atoms with Crippen LogP contribution in [0.15, 0.2) is 337 Å². The van der Waals surface area contributed by atoms with E-state index in [-0.39, 0.29) is 45.6 Å². The fraction of sp³-hybridized carbons (Fsp3) is 0. The van der Waals surface area contributed by atoms with E-state index in [0.717, 1.165) is 205 Å². The van der Waals surface area contributed by atoms with Crippen LogP contribution in [0.4, 0.5) is 0 Å². The molecule has 20 heteroatoms. The van der Waals surface area contributed by atoms with Crippen LogP contribution < -0.4 is 0 Å². The molecule has 0 N–H and O–H groups in total. The maximum atomic E-state index is 9.81. The van der Waals surface area contributed by atoms with E-state index in [0.29, 0.717) is 44.1 Å². The molecule has 0 aliphatic carbocycles. The predicted molar refractivity (Wildman–Crippen MR) is 579 cm³/mol. The summed E-state index contributed by atoms with van der Waals surface area (Å²) in [6.45, 7) is 0. The Kier molecular flexibility index (Phi) is 17.8. The van der Waals surface area contributed by atoms with Gasteiger partial charge in [-0.15, -0.1) is 22.7 Å². The number of furan rings is 2. The summed E-state index contributed by atoms with van der Waals surface area (Å²) >= 11 is 3.53. The molecule has 0 amide bonds. The molecular weight excluding hydrogens is 1810 g/mol. The van der Waals surface area contributed by atoms with E-state index in [1.807, 2.05) is 121 Å². The molecule has 8 heterocycles. The van der Waals surface area contributed by atoms with Gasteiger partial charge in [-0.05, 0) is 181 Å². The van der Waals surface area contributed by atoms with Crippen molar-refractivity contribution >= 4 is 312 Å². The van der Waals surface area contributed by atoms with Crippen LogP contribution in [0.25, 0.3) is 290 Å². The second-order valence-electron chi connectivity index (χ2n) is 35.6. The summed E-state index contributed by atoms with van der Waals surface area (Å²) in [6.07, 6.45) is 1.67. The lowest BCUT2D eigenvalue weighted by Crippen LogP contribution is -1.98. The van der Waals surface area contributed by atoms with Gasteiger partial charge in [0.25, 0.3) is 0 Å². The summed E-state index contributed by atoms with van der Waals surface area (Å²) in [5, 5.41) is 119. The van der Waals surface area contributed by atoms with Crippen LogP contribution in [0.5, 0.6) is 0 Å². The maximum absolute atomic E-state index is 9.81. The minimum Gasteiger partial charge on any atom is -0.464 e. The molecule has 0 bridgehead atoms. The van der Waals surface area contributed by atoms with Crippen LogP contribution in [0.2, 0.25) is 0 Å². The van der Waals surface area contributed by atoms with Crippen LogP contribution in [0.3, 0.4) is 0 Å². The number of para-hydroxylation sites is 1. The summed E-state index contributed by atoms with van der Waals surface area (Å²) in [6, 6.07) is 127. The van der Waals surface area contributed by atoms with Crippen molar-refractivity contribution in [2.45, 2.75) is 0 Å². The van der Waals surface area contributed by atoms with Crippen molar-refractivity contribution in [3.63, 3.8) is 0 Å². The molecular formula is C124H54N16O2S2. The van der Waals surface area contributed by atoms with Gasteiger partial charge in [0.1, 0.15) is 65.3 Å². The third kappa shape index (κ3) is 11.8. The fourth-order valence-corrected chi connectivity index (χ4v) is 24.7. The molecule has 144 heavy (non-hydrogen) atoms. The van der Waals surface area contributed by atoms with Gasteiger partial charge >= 0.3 is 0 Å². The third-order valence-corrected chi connectivity index (χ3v) is 30.6. The predicted octanol–water partition coefficient (Wildman–Crippen LogP) is 31.3. The summed E-state index contributed by atoms with van der Waals surface area (Å²) in [7, 11) is 0. The first-order valence-electron chi connectivity index (χ1n) is 46.1. The van der Waals surface area contributed by atoms with Gasteiger partial charge in [-0.1, -0.05) is 249 Å². The number of thiophene rings is 2.